The molecule has 1 nitrogen and oxygen atoms in total. The molecule has 1 unspecified atom stereocenters. The number of hydrogen-bond acceptors (Lipinski definition) is 1. The molecule has 0 heterocycles. The van der Waals surface area contributed by atoms with Gasteiger partial charge in [0.1, 0.15) is 5.60 Å². The molecule has 1 N–H and O–H groups in total. The van der Waals surface area contributed by atoms with Gasteiger partial charge in [0.2, 0.25) is 0 Å². The quantitative estimate of drug-likeness (QED) is 0.746. The van der Waals surface area contributed by atoms with Crippen LogP contribution in [0.15, 0.2) is 42.5 Å². The summed E-state index contributed by atoms with van der Waals surface area (Å²) in [7, 11) is 0. The molecule has 2 aromatic carbocycles. The summed E-state index contributed by atoms with van der Waals surface area (Å²) in [6, 6.07) is 14.6. The lowest BCUT2D eigenvalue weighted by atomic mass is 9.84. The van der Waals surface area contributed by atoms with Crippen LogP contribution in [0.5, 0.6) is 0 Å². The highest BCUT2D eigenvalue weighted by Gasteiger charge is 2.32. The van der Waals surface area contributed by atoms with E-state index in [1.165, 1.54) is 16.7 Å². The van der Waals surface area contributed by atoms with Crippen molar-refractivity contribution in [1.29, 1.82) is 0 Å². The Bertz CT molecular complexity index is 596. The average molecular weight is 238 g/mol. The molecule has 0 bridgehead atoms. The minimum Gasteiger partial charge on any atom is -0.381 e. The predicted molar refractivity (Wildman–Crippen MR) is 73.7 cm³/mol. The molecule has 0 fully saturated rings. The Morgan fingerprint density at radius 2 is 1.61 bits per heavy atom. The molecule has 0 saturated carbocycles. The van der Waals surface area contributed by atoms with Crippen LogP contribution in [0.25, 0.3) is 0 Å². The van der Waals surface area contributed by atoms with Crippen molar-refractivity contribution in [2.75, 3.05) is 0 Å². The van der Waals surface area contributed by atoms with Crippen molar-refractivity contribution in [1.82, 2.24) is 0 Å². The van der Waals surface area contributed by atoms with Crippen molar-refractivity contribution in [2.24, 2.45) is 0 Å². The smallest absolute Gasteiger partial charge is 0.112 e. The number of rotatable bonds is 0. The first-order chi connectivity index (χ1) is 8.59. The summed E-state index contributed by atoms with van der Waals surface area (Å²) in [5.41, 5.74) is 4.96. The topological polar surface area (TPSA) is 20.2 Å². The first-order valence-electron chi connectivity index (χ1n) is 6.50. The van der Waals surface area contributed by atoms with Crippen LogP contribution in [-0.2, 0) is 18.4 Å². The van der Waals surface area contributed by atoms with Crippen molar-refractivity contribution in [3.8, 4) is 0 Å². The van der Waals surface area contributed by atoms with E-state index in [1.54, 1.807) is 0 Å². The van der Waals surface area contributed by atoms with Crippen molar-refractivity contribution in [3.05, 3.63) is 70.3 Å². The summed E-state index contributed by atoms with van der Waals surface area (Å²) >= 11 is 0. The highest BCUT2D eigenvalue weighted by atomic mass is 16.3. The Morgan fingerprint density at radius 3 is 2.39 bits per heavy atom. The Labute approximate surface area is 108 Å². The van der Waals surface area contributed by atoms with Gasteiger partial charge in [-0.25, -0.2) is 0 Å². The van der Waals surface area contributed by atoms with Crippen LogP contribution in [0.2, 0.25) is 0 Å². The van der Waals surface area contributed by atoms with E-state index < -0.39 is 5.60 Å². The van der Waals surface area contributed by atoms with E-state index in [2.05, 4.69) is 37.3 Å². The first kappa shape index (κ1) is 11.5. The summed E-state index contributed by atoms with van der Waals surface area (Å²) in [6.45, 7) is 3.99. The third-order valence-corrected chi connectivity index (χ3v) is 4.00. The minimum absolute atomic E-state index is 0.881. The second-order valence-corrected chi connectivity index (χ2v) is 5.39. The van der Waals surface area contributed by atoms with Crippen LogP contribution in [-0.4, -0.2) is 5.11 Å². The molecule has 1 aliphatic carbocycles. The fourth-order valence-corrected chi connectivity index (χ4v) is 2.99. The van der Waals surface area contributed by atoms with Crippen LogP contribution >= 0.6 is 0 Å². The zero-order valence-electron chi connectivity index (χ0n) is 10.9. The van der Waals surface area contributed by atoms with Gasteiger partial charge in [-0.2, -0.15) is 0 Å². The molecule has 2 aromatic rings. The van der Waals surface area contributed by atoms with Crippen LogP contribution in [0, 0.1) is 6.92 Å². The Morgan fingerprint density at radius 1 is 0.944 bits per heavy atom. The Hall–Kier alpha value is -1.60. The molecule has 0 aliphatic heterocycles. The van der Waals surface area contributed by atoms with Crippen LogP contribution in [0.1, 0.15) is 34.7 Å². The van der Waals surface area contributed by atoms with E-state index in [1.807, 2.05) is 19.1 Å². The van der Waals surface area contributed by atoms with E-state index in [4.69, 9.17) is 0 Å². The summed E-state index contributed by atoms with van der Waals surface area (Å²) < 4.78 is 0. The lowest BCUT2D eigenvalue weighted by Gasteiger charge is -2.27. The molecule has 3 rings (SSSR count). The zero-order chi connectivity index (χ0) is 12.8. The van der Waals surface area contributed by atoms with Crippen LogP contribution < -0.4 is 0 Å². The largest absolute Gasteiger partial charge is 0.381 e. The zero-order valence-corrected chi connectivity index (χ0v) is 10.9. The molecule has 1 heteroatoms. The second kappa shape index (κ2) is 3.96. The van der Waals surface area contributed by atoms with Crippen molar-refractivity contribution < 1.29 is 5.11 Å². The Kier molecular flexibility index (Phi) is 2.53. The van der Waals surface area contributed by atoms with E-state index >= 15 is 0 Å². The molecule has 1 atom stereocenters. The van der Waals surface area contributed by atoms with Gasteiger partial charge < -0.3 is 5.11 Å². The number of aliphatic hydroxyl groups is 1. The maximum absolute atomic E-state index is 11.0. The molecule has 1 aliphatic rings. The van der Waals surface area contributed by atoms with Gasteiger partial charge in [0.25, 0.3) is 0 Å². The van der Waals surface area contributed by atoms with E-state index in [0.29, 0.717) is 0 Å². The SMILES string of the molecule is Cc1ccc2c(c1)C(C)(O)c1ccccc1CC2. The predicted octanol–water partition coefficient (Wildman–Crippen LogP) is 3.35. The maximum atomic E-state index is 11.0. The van der Waals surface area contributed by atoms with Gasteiger partial charge in [-0.05, 0) is 48.9 Å². The van der Waals surface area contributed by atoms with Gasteiger partial charge in [-0.15, -0.1) is 0 Å². The molecule has 0 saturated heterocycles. The minimum atomic E-state index is -0.881. The van der Waals surface area contributed by atoms with E-state index in [0.717, 1.165) is 24.0 Å². The van der Waals surface area contributed by atoms with Crippen LogP contribution in [0.4, 0.5) is 0 Å². The molecule has 0 aromatic heterocycles. The monoisotopic (exact) mass is 238 g/mol. The maximum Gasteiger partial charge on any atom is 0.112 e. The van der Waals surface area contributed by atoms with Gasteiger partial charge in [0.05, 0.1) is 0 Å². The number of hydrogen-bond donors (Lipinski definition) is 1. The number of benzene rings is 2. The molecule has 0 amide bonds. The summed E-state index contributed by atoms with van der Waals surface area (Å²) in [6.07, 6.45) is 2.01. The van der Waals surface area contributed by atoms with Gasteiger partial charge >= 0.3 is 0 Å². The fraction of sp³-hybridized carbons (Fsp3) is 0.294. The van der Waals surface area contributed by atoms with Gasteiger partial charge in [-0.1, -0.05) is 48.0 Å². The number of aryl methyl sites for hydroxylation is 3. The molecule has 0 radical (unpaired) electrons. The summed E-state index contributed by atoms with van der Waals surface area (Å²) in [5.74, 6) is 0. The summed E-state index contributed by atoms with van der Waals surface area (Å²) in [4.78, 5) is 0. The first-order valence-corrected chi connectivity index (χ1v) is 6.50. The van der Waals surface area contributed by atoms with Crippen molar-refractivity contribution in [3.63, 3.8) is 0 Å². The summed E-state index contributed by atoms with van der Waals surface area (Å²) in [5, 5.41) is 11.0. The molecular weight excluding hydrogens is 220 g/mol. The standard InChI is InChI=1S/C17H18O/c1-12-7-8-14-10-9-13-5-3-4-6-15(13)17(2,18)16(14)11-12/h3-8,11,18H,9-10H2,1-2H3. The highest BCUT2D eigenvalue weighted by Crippen LogP contribution is 2.37. The van der Waals surface area contributed by atoms with Gasteiger partial charge in [0, 0.05) is 0 Å². The third kappa shape index (κ3) is 1.67. The highest BCUT2D eigenvalue weighted by molar-refractivity contribution is 5.47. The molecular formula is C17H18O. The van der Waals surface area contributed by atoms with Gasteiger partial charge in [0.15, 0.2) is 0 Å². The second-order valence-electron chi connectivity index (χ2n) is 5.39. The lowest BCUT2D eigenvalue weighted by Crippen LogP contribution is -2.24. The van der Waals surface area contributed by atoms with Crippen molar-refractivity contribution >= 4 is 0 Å². The molecule has 18 heavy (non-hydrogen) atoms. The average Bonchev–Trinajstić information content (AvgIpc) is 2.47. The van der Waals surface area contributed by atoms with Gasteiger partial charge in [-0.3, -0.25) is 0 Å². The fourth-order valence-electron chi connectivity index (χ4n) is 2.99. The lowest BCUT2D eigenvalue weighted by molar-refractivity contribution is 0.101. The van der Waals surface area contributed by atoms with Crippen LogP contribution in [0.3, 0.4) is 0 Å². The molecule has 92 valence electrons. The Balaban J connectivity index is 2.27. The third-order valence-electron chi connectivity index (χ3n) is 4.00. The normalized spacial score (nSPS) is 21.9. The van der Waals surface area contributed by atoms with E-state index in [-0.39, 0.29) is 0 Å². The molecule has 0 spiro atoms. The number of fused-ring (bicyclic) bond motifs is 2. The van der Waals surface area contributed by atoms with Crippen molar-refractivity contribution in [2.45, 2.75) is 32.3 Å². The van der Waals surface area contributed by atoms with E-state index in [9.17, 15) is 5.11 Å².